The predicted octanol–water partition coefficient (Wildman–Crippen LogP) is 20.0. The van der Waals surface area contributed by atoms with Crippen molar-refractivity contribution < 1.29 is 15.0 Å². The zero-order chi connectivity index (χ0) is 48.5. The lowest BCUT2D eigenvalue weighted by molar-refractivity contribution is -0.123. The maximum atomic E-state index is 12.5. The molecule has 1 amide bonds. The Balaban J connectivity index is 3.44. The van der Waals surface area contributed by atoms with Gasteiger partial charge in [0.15, 0.2) is 0 Å². The molecule has 0 saturated carbocycles. The summed E-state index contributed by atoms with van der Waals surface area (Å²) in [6.45, 7) is 4.22. The van der Waals surface area contributed by atoms with Crippen LogP contribution in [-0.4, -0.2) is 34.9 Å². The Morgan fingerprint density at radius 1 is 0.373 bits per heavy atom. The number of aliphatic hydroxyl groups excluding tert-OH is 2. The third kappa shape index (κ3) is 54.9. The third-order valence-corrected chi connectivity index (χ3v) is 13.8. The number of unbranched alkanes of at least 4 members (excludes halogenated alkanes) is 40. The van der Waals surface area contributed by atoms with Gasteiger partial charge in [0.25, 0.3) is 0 Å². The third-order valence-electron chi connectivity index (χ3n) is 13.8. The molecule has 2 atom stereocenters. The molecule has 0 rings (SSSR count). The highest BCUT2D eigenvalue weighted by Crippen LogP contribution is 2.18. The fourth-order valence-electron chi connectivity index (χ4n) is 9.23. The number of allylic oxidation sites excluding steroid dienone is 9. The number of rotatable bonds is 55. The number of hydrogen-bond acceptors (Lipinski definition) is 3. The first-order chi connectivity index (χ1) is 33.2. The summed E-state index contributed by atoms with van der Waals surface area (Å²) in [7, 11) is 0. The zero-order valence-corrected chi connectivity index (χ0v) is 45.2. The molecule has 0 aromatic rings. The number of aliphatic hydroxyl groups is 2. The molecular formula is C63H117NO3. The van der Waals surface area contributed by atoms with Crippen molar-refractivity contribution in [1.29, 1.82) is 0 Å². The van der Waals surface area contributed by atoms with Crippen LogP contribution in [0, 0.1) is 0 Å². The molecule has 67 heavy (non-hydrogen) atoms. The van der Waals surface area contributed by atoms with E-state index in [2.05, 4.69) is 67.8 Å². The summed E-state index contributed by atoms with van der Waals surface area (Å²) in [6, 6.07) is -0.622. The molecule has 3 N–H and O–H groups in total. The van der Waals surface area contributed by atoms with E-state index in [0.29, 0.717) is 6.42 Å². The van der Waals surface area contributed by atoms with Crippen molar-refractivity contribution in [3.05, 3.63) is 60.8 Å². The topological polar surface area (TPSA) is 69.6 Å². The van der Waals surface area contributed by atoms with Crippen molar-refractivity contribution in [2.75, 3.05) is 6.61 Å². The van der Waals surface area contributed by atoms with Crippen molar-refractivity contribution >= 4 is 5.91 Å². The van der Waals surface area contributed by atoms with Crippen molar-refractivity contribution in [3.63, 3.8) is 0 Å². The smallest absolute Gasteiger partial charge is 0.220 e. The van der Waals surface area contributed by atoms with Gasteiger partial charge in [0.2, 0.25) is 5.91 Å². The Hall–Kier alpha value is -1.91. The molecule has 0 bridgehead atoms. The van der Waals surface area contributed by atoms with Crippen LogP contribution in [0.15, 0.2) is 60.8 Å². The summed E-state index contributed by atoms with van der Waals surface area (Å²) in [5.41, 5.74) is 0. The summed E-state index contributed by atoms with van der Waals surface area (Å²) >= 11 is 0. The second kappa shape index (κ2) is 58.4. The highest BCUT2D eigenvalue weighted by Gasteiger charge is 2.18. The average molecular weight is 937 g/mol. The van der Waals surface area contributed by atoms with Crippen molar-refractivity contribution in [2.45, 2.75) is 328 Å². The highest BCUT2D eigenvalue weighted by atomic mass is 16.3. The van der Waals surface area contributed by atoms with Crippen LogP contribution in [0.2, 0.25) is 0 Å². The van der Waals surface area contributed by atoms with Gasteiger partial charge in [-0.25, -0.2) is 0 Å². The van der Waals surface area contributed by atoms with Gasteiger partial charge >= 0.3 is 0 Å². The molecule has 0 aliphatic rings. The molecule has 0 saturated heterocycles. The minimum Gasteiger partial charge on any atom is -0.394 e. The summed E-state index contributed by atoms with van der Waals surface area (Å²) in [5, 5.41) is 23.2. The van der Waals surface area contributed by atoms with E-state index in [4.69, 9.17) is 0 Å². The largest absolute Gasteiger partial charge is 0.394 e. The predicted molar refractivity (Wildman–Crippen MR) is 299 cm³/mol. The van der Waals surface area contributed by atoms with Gasteiger partial charge in [-0.15, -0.1) is 0 Å². The zero-order valence-electron chi connectivity index (χ0n) is 45.2. The number of hydrogen-bond donors (Lipinski definition) is 3. The molecule has 0 radical (unpaired) electrons. The summed E-state index contributed by atoms with van der Waals surface area (Å²) in [4.78, 5) is 12.5. The Labute approximate surface area is 419 Å². The molecule has 0 heterocycles. The van der Waals surface area contributed by atoms with Crippen LogP contribution < -0.4 is 5.32 Å². The van der Waals surface area contributed by atoms with Crippen LogP contribution >= 0.6 is 0 Å². The molecule has 2 unspecified atom stereocenters. The number of nitrogens with one attached hydrogen (secondary N) is 1. The number of amides is 1. The van der Waals surface area contributed by atoms with Crippen molar-refractivity contribution in [2.24, 2.45) is 0 Å². The van der Waals surface area contributed by atoms with E-state index in [9.17, 15) is 15.0 Å². The molecule has 4 heteroatoms. The molecule has 0 aliphatic heterocycles. The summed E-state index contributed by atoms with van der Waals surface area (Å²) < 4.78 is 0. The Kier molecular flexibility index (Phi) is 56.7. The van der Waals surface area contributed by atoms with Crippen molar-refractivity contribution in [1.82, 2.24) is 5.32 Å². The fraction of sp³-hybridized carbons (Fsp3) is 0.825. The first-order valence-corrected chi connectivity index (χ1v) is 30.0. The van der Waals surface area contributed by atoms with E-state index in [0.717, 1.165) is 51.4 Å². The molecule has 392 valence electrons. The van der Waals surface area contributed by atoms with E-state index in [1.54, 1.807) is 6.08 Å². The molecule has 4 nitrogen and oxygen atoms in total. The van der Waals surface area contributed by atoms with Crippen LogP contribution in [0.1, 0.15) is 316 Å². The molecular weight excluding hydrogens is 819 g/mol. The summed E-state index contributed by atoms with van der Waals surface area (Å²) in [6.07, 6.45) is 82.6. The van der Waals surface area contributed by atoms with Crippen molar-refractivity contribution in [3.8, 4) is 0 Å². The highest BCUT2D eigenvalue weighted by molar-refractivity contribution is 5.76. The van der Waals surface area contributed by atoms with Gasteiger partial charge < -0.3 is 15.5 Å². The van der Waals surface area contributed by atoms with Gasteiger partial charge in [-0.1, -0.05) is 312 Å². The maximum absolute atomic E-state index is 12.5. The second-order valence-electron chi connectivity index (χ2n) is 20.4. The van der Waals surface area contributed by atoms with Gasteiger partial charge in [-0.3, -0.25) is 4.79 Å². The van der Waals surface area contributed by atoms with Gasteiger partial charge in [0.1, 0.15) is 0 Å². The lowest BCUT2D eigenvalue weighted by Crippen LogP contribution is -2.45. The van der Waals surface area contributed by atoms with Crippen LogP contribution in [0.25, 0.3) is 0 Å². The van der Waals surface area contributed by atoms with Gasteiger partial charge in [0.05, 0.1) is 18.8 Å². The molecule has 0 fully saturated rings. The van der Waals surface area contributed by atoms with Gasteiger partial charge in [-0.05, 0) is 57.8 Å². The maximum Gasteiger partial charge on any atom is 0.220 e. The monoisotopic (exact) mass is 936 g/mol. The van der Waals surface area contributed by atoms with Crippen LogP contribution in [0.3, 0.4) is 0 Å². The first kappa shape index (κ1) is 65.1. The van der Waals surface area contributed by atoms with Gasteiger partial charge in [0, 0.05) is 6.42 Å². The van der Waals surface area contributed by atoms with Gasteiger partial charge in [-0.2, -0.15) is 0 Å². The lowest BCUT2D eigenvalue weighted by atomic mass is 10.0. The second-order valence-corrected chi connectivity index (χ2v) is 20.4. The number of carbonyl (C=O) groups excluding carboxylic acids is 1. The molecule has 0 aromatic heterocycles. The molecule has 0 aliphatic carbocycles. The number of carbonyl (C=O) groups is 1. The Morgan fingerprint density at radius 2 is 0.657 bits per heavy atom. The SMILES string of the molecule is CC/C=C\C/C=C\C/C=C\C/C=C\CCCCCCCCCCCCCCCCCCCCCCCCC(=O)NC(CO)C(O)/C=C/CCCCCCCCCCCCCCCCCCCC. The first-order valence-electron chi connectivity index (χ1n) is 30.0. The van der Waals surface area contributed by atoms with E-state index < -0.39 is 12.1 Å². The Morgan fingerprint density at radius 3 is 0.985 bits per heavy atom. The summed E-state index contributed by atoms with van der Waals surface area (Å²) in [5.74, 6) is -0.0589. The minimum absolute atomic E-state index is 0.0589. The average Bonchev–Trinajstić information content (AvgIpc) is 3.33. The minimum atomic E-state index is -0.839. The van der Waals surface area contributed by atoms with Crippen LogP contribution in [-0.2, 0) is 4.79 Å². The molecule has 0 aromatic carbocycles. The quantitative estimate of drug-likeness (QED) is 0.0420. The standard InChI is InChI=1S/C63H117NO3/c1-3-5-7-9-11-13-15-17-19-21-23-25-26-27-28-29-30-31-32-33-34-35-36-37-38-39-41-43-45-47-49-51-53-55-57-59-63(67)64-61(60-65)62(66)58-56-54-52-50-48-46-44-42-40-24-22-20-18-16-14-12-10-8-6-4-2/h5,7,11,13,17,19,23,25,56,58,61-62,65-66H,3-4,6,8-10,12,14-16,18,20-22,24,26-55,57,59-60H2,1-2H3,(H,64,67)/b7-5-,13-11-,19-17-,25-23-,58-56+. The van der Waals surface area contributed by atoms with Crippen LogP contribution in [0.4, 0.5) is 0 Å². The normalized spacial score (nSPS) is 13.2. The molecule has 0 spiro atoms. The van der Waals surface area contributed by atoms with E-state index >= 15 is 0 Å². The van der Waals surface area contributed by atoms with Crippen LogP contribution in [0.5, 0.6) is 0 Å². The lowest BCUT2D eigenvalue weighted by Gasteiger charge is -2.20. The Bertz CT molecular complexity index is 1110. The van der Waals surface area contributed by atoms with E-state index in [1.807, 2.05) is 6.08 Å². The van der Waals surface area contributed by atoms with E-state index in [-0.39, 0.29) is 12.5 Å². The fourth-order valence-corrected chi connectivity index (χ4v) is 9.23. The van der Waals surface area contributed by atoms with E-state index in [1.165, 1.54) is 244 Å².